The summed E-state index contributed by atoms with van der Waals surface area (Å²) in [5.41, 5.74) is 1.29. The van der Waals surface area contributed by atoms with Gasteiger partial charge in [0.05, 0.1) is 12.8 Å². The van der Waals surface area contributed by atoms with Gasteiger partial charge in [-0.3, -0.25) is 5.32 Å². The number of nitrogens with one attached hydrogen (secondary N) is 1. The van der Waals surface area contributed by atoms with Crippen LogP contribution in [0.2, 0.25) is 0 Å². The van der Waals surface area contributed by atoms with Gasteiger partial charge >= 0.3 is 0 Å². The fourth-order valence-electron chi connectivity index (χ4n) is 1.02. The summed E-state index contributed by atoms with van der Waals surface area (Å²) < 4.78 is 5.35. The van der Waals surface area contributed by atoms with Crippen molar-refractivity contribution >= 4 is 0 Å². The summed E-state index contributed by atoms with van der Waals surface area (Å²) in [5.74, 6) is 0. The molecule has 72 valence electrons. The minimum Gasteiger partial charge on any atom is -0.364 e. The first-order valence-corrected chi connectivity index (χ1v) is 4.65. The standard InChI is InChI=1S/C11H17NO/c1-10(2)13-9-12-8-11-6-4-3-5-7-11/h3-7,10,12H,8-9H2,1-2H3. The number of hydrogen-bond acceptors (Lipinski definition) is 2. The minimum atomic E-state index is 0.295. The van der Waals surface area contributed by atoms with Crippen LogP contribution in [0.1, 0.15) is 19.4 Å². The Balaban J connectivity index is 2.13. The Morgan fingerprint density at radius 3 is 2.54 bits per heavy atom. The van der Waals surface area contributed by atoms with Crippen LogP contribution in [-0.2, 0) is 11.3 Å². The molecule has 0 spiro atoms. The largest absolute Gasteiger partial charge is 0.364 e. The second kappa shape index (κ2) is 5.73. The van der Waals surface area contributed by atoms with Gasteiger partial charge in [-0.25, -0.2) is 0 Å². The van der Waals surface area contributed by atoms with E-state index in [0.717, 1.165) is 6.54 Å². The highest BCUT2D eigenvalue weighted by Gasteiger charge is 1.92. The first-order chi connectivity index (χ1) is 6.29. The van der Waals surface area contributed by atoms with Gasteiger partial charge in [0.2, 0.25) is 0 Å². The summed E-state index contributed by atoms with van der Waals surface area (Å²) >= 11 is 0. The SMILES string of the molecule is CC(C)OCNCc1ccccc1. The van der Waals surface area contributed by atoms with Crippen LogP contribution in [0, 0.1) is 0 Å². The molecular weight excluding hydrogens is 162 g/mol. The Morgan fingerprint density at radius 1 is 1.23 bits per heavy atom. The third kappa shape index (κ3) is 4.65. The Hall–Kier alpha value is -0.860. The molecule has 1 N–H and O–H groups in total. The summed E-state index contributed by atoms with van der Waals surface area (Å²) in [7, 11) is 0. The van der Waals surface area contributed by atoms with Gasteiger partial charge in [-0.2, -0.15) is 0 Å². The quantitative estimate of drug-likeness (QED) is 0.552. The fourth-order valence-corrected chi connectivity index (χ4v) is 1.02. The lowest BCUT2D eigenvalue weighted by molar-refractivity contribution is 0.0636. The third-order valence-corrected chi connectivity index (χ3v) is 1.69. The van der Waals surface area contributed by atoms with Crippen molar-refractivity contribution in [3.63, 3.8) is 0 Å². The number of hydrogen-bond donors (Lipinski definition) is 1. The first-order valence-electron chi connectivity index (χ1n) is 4.65. The molecule has 0 bridgehead atoms. The average Bonchev–Trinajstić information content (AvgIpc) is 2.14. The molecule has 1 aromatic carbocycles. The normalized spacial score (nSPS) is 10.7. The number of rotatable bonds is 5. The van der Waals surface area contributed by atoms with E-state index in [1.165, 1.54) is 5.56 Å². The highest BCUT2D eigenvalue weighted by Crippen LogP contribution is 1.96. The molecule has 1 aromatic rings. The second-order valence-electron chi connectivity index (χ2n) is 3.27. The van der Waals surface area contributed by atoms with Crippen LogP contribution < -0.4 is 5.32 Å². The molecule has 0 amide bonds. The van der Waals surface area contributed by atoms with E-state index in [9.17, 15) is 0 Å². The van der Waals surface area contributed by atoms with Gasteiger partial charge in [0, 0.05) is 6.54 Å². The van der Waals surface area contributed by atoms with E-state index in [2.05, 4.69) is 17.4 Å². The molecule has 2 heteroatoms. The minimum absolute atomic E-state index is 0.295. The van der Waals surface area contributed by atoms with E-state index in [4.69, 9.17) is 4.74 Å². The van der Waals surface area contributed by atoms with Crippen LogP contribution in [0.3, 0.4) is 0 Å². The Labute approximate surface area is 79.9 Å². The lowest BCUT2D eigenvalue weighted by Gasteiger charge is -2.08. The summed E-state index contributed by atoms with van der Waals surface area (Å²) in [5, 5.41) is 3.21. The van der Waals surface area contributed by atoms with Crippen LogP contribution in [0.25, 0.3) is 0 Å². The molecule has 2 nitrogen and oxygen atoms in total. The zero-order chi connectivity index (χ0) is 9.52. The van der Waals surface area contributed by atoms with Gasteiger partial charge in [0.1, 0.15) is 0 Å². The molecule has 0 radical (unpaired) electrons. The maximum Gasteiger partial charge on any atom is 0.0971 e. The second-order valence-corrected chi connectivity index (χ2v) is 3.27. The van der Waals surface area contributed by atoms with Crippen molar-refractivity contribution in [2.75, 3.05) is 6.73 Å². The smallest absolute Gasteiger partial charge is 0.0971 e. The highest BCUT2D eigenvalue weighted by molar-refractivity contribution is 5.14. The van der Waals surface area contributed by atoms with Crippen molar-refractivity contribution in [2.45, 2.75) is 26.5 Å². The van der Waals surface area contributed by atoms with Crippen LogP contribution in [0.5, 0.6) is 0 Å². The summed E-state index contributed by atoms with van der Waals surface area (Å²) in [6, 6.07) is 10.3. The van der Waals surface area contributed by atoms with Gasteiger partial charge in [0.25, 0.3) is 0 Å². The Kier molecular flexibility index (Phi) is 4.50. The Bertz CT molecular complexity index is 221. The van der Waals surface area contributed by atoms with Crippen LogP contribution in [-0.4, -0.2) is 12.8 Å². The first kappa shape index (κ1) is 10.2. The monoisotopic (exact) mass is 179 g/mol. The molecule has 0 aliphatic heterocycles. The van der Waals surface area contributed by atoms with Gasteiger partial charge in [-0.1, -0.05) is 30.3 Å². The molecule has 0 heterocycles. The molecule has 0 atom stereocenters. The van der Waals surface area contributed by atoms with E-state index in [-0.39, 0.29) is 0 Å². The molecule has 0 aliphatic rings. The molecule has 0 aliphatic carbocycles. The zero-order valence-corrected chi connectivity index (χ0v) is 8.29. The molecule has 1 rings (SSSR count). The predicted octanol–water partition coefficient (Wildman–Crippen LogP) is 2.16. The highest BCUT2D eigenvalue weighted by atomic mass is 16.5. The maximum absolute atomic E-state index is 5.35. The lowest BCUT2D eigenvalue weighted by Crippen LogP contribution is -2.20. The van der Waals surface area contributed by atoms with Gasteiger partial charge < -0.3 is 4.74 Å². The number of ether oxygens (including phenoxy) is 1. The molecule has 0 aromatic heterocycles. The van der Waals surface area contributed by atoms with E-state index in [1.54, 1.807) is 0 Å². The van der Waals surface area contributed by atoms with Crippen molar-refractivity contribution in [1.29, 1.82) is 0 Å². The van der Waals surface area contributed by atoms with E-state index >= 15 is 0 Å². The molecule has 0 saturated carbocycles. The maximum atomic E-state index is 5.35. The van der Waals surface area contributed by atoms with E-state index in [1.807, 2.05) is 32.0 Å². The topological polar surface area (TPSA) is 21.3 Å². The summed E-state index contributed by atoms with van der Waals surface area (Å²) in [4.78, 5) is 0. The third-order valence-electron chi connectivity index (χ3n) is 1.69. The fraction of sp³-hybridized carbons (Fsp3) is 0.455. The van der Waals surface area contributed by atoms with Crippen molar-refractivity contribution < 1.29 is 4.74 Å². The van der Waals surface area contributed by atoms with Crippen LogP contribution in [0.15, 0.2) is 30.3 Å². The van der Waals surface area contributed by atoms with Crippen LogP contribution in [0.4, 0.5) is 0 Å². The summed E-state index contributed by atoms with van der Waals surface area (Å²) in [6.45, 7) is 5.55. The molecule has 0 unspecified atom stereocenters. The van der Waals surface area contributed by atoms with E-state index in [0.29, 0.717) is 12.8 Å². The van der Waals surface area contributed by atoms with Crippen molar-refractivity contribution in [3.05, 3.63) is 35.9 Å². The Morgan fingerprint density at radius 2 is 1.92 bits per heavy atom. The number of benzene rings is 1. The lowest BCUT2D eigenvalue weighted by atomic mass is 10.2. The van der Waals surface area contributed by atoms with Crippen molar-refractivity contribution in [2.24, 2.45) is 0 Å². The van der Waals surface area contributed by atoms with Gasteiger partial charge in [-0.15, -0.1) is 0 Å². The average molecular weight is 179 g/mol. The van der Waals surface area contributed by atoms with Gasteiger partial charge in [0.15, 0.2) is 0 Å². The summed E-state index contributed by atoms with van der Waals surface area (Å²) in [6.07, 6.45) is 0.295. The van der Waals surface area contributed by atoms with Crippen LogP contribution >= 0.6 is 0 Å². The molecule has 13 heavy (non-hydrogen) atoms. The van der Waals surface area contributed by atoms with E-state index < -0.39 is 0 Å². The zero-order valence-electron chi connectivity index (χ0n) is 8.29. The van der Waals surface area contributed by atoms with Crippen molar-refractivity contribution in [3.8, 4) is 0 Å². The molecule has 0 fully saturated rings. The van der Waals surface area contributed by atoms with Crippen molar-refractivity contribution in [1.82, 2.24) is 5.32 Å². The molecule has 0 saturated heterocycles. The van der Waals surface area contributed by atoms with Gasteiger partial charge in [-0.05, 0) is 19.4 Å². The predicted molar refractivity (Wildman–Crippen MR) is 54.4 cm³/mol. The molecular formula is C11H17NO.